The summed E-state index contributed by atoms with van der Waals surface area (Å²) in [6, 6.07) is 7.24. The quantitative estimate of drug-likeness (QED) is 0.679. The van der Waals surface area contributed by atoms with Crippen molar-refractivity contribution < 1.29 is 0 Å². The summed E-state index contributed by atoms with van der Waals surface area (Å²) in [6.07, 6.45) is 6.59. The first-order valence-electron chi connectivity index (χ1n) is 6.90. The Hall–Kier alpha value is -0.300. The van der Waals surface area contributed by atoms with Crippen LogP contribution in [0.1, 0.15) is 55.7 Å². The van der Waals surface area contributed by atoms with Crippen LogP contribution in [0.15, 0.2) is 18.2 Å². The summed E-state index contributed by atoms with van der Waals surface area (Å²) in [5.74, 6) is 1.44. The van der Waals surface area contributed by atoms with Gasteiger partial charge in [0.25, 0.3) is 0 Å². The summed E-state index contributed by atoms with van der Waals surface area (Å²) in [7, 11) is 0. The lowest BCUT2D eigenvalue weighted by Crippen LogP contribution is -2.10. The smallest absolute Gasteiger partial charge is 0.00372 e. The second-order valence-electron chi connectivity index (χ2n) is 5.56. The van der Waals surface area contributed by atoms with Crippen LogP contribution in [-0.2, 0) is 12.8 Å². The summed E-state index contributed by atoms with van der Waals surface area (Å²) in [6.45, 7) is 4.68. The maximum Gasteiger partial charge on any atom is 0.00372 e. The molecule has 1 aromatic rings. The molecule has 0 heterocycles. The highest BCUT2D eigenvalue weighted by Crippen LogP contribution is 2.31. The van der Waals surface area contributed by atoms with E-state index in [2.05, 4.69) is 48.0 Å². The lowest BCUT2D eigenvalue weighted by Gasteiger charge is -2.23. The molecule has 0 N–H and O–H groups in total. The van der Waals surface area contributed by atoms with Crippen LogP contribution in [-0.4, -0.2) is 5.33 Å². The summed E-state index contributed by atoms with van der Waals surface area (Å²) in [5, 5.41) is 1.10. The average Bonchev–Trinajstić information content (AvgIpc) is 2.35. The Labute approximate surface area is 114 Å². The van der Waals surface area contributed by atoms with Crippen molar-refractivity contribution in [3.8, 4) is 0 Å². The highest BCUT2D eigenvalue weighted by Gasteiger charge is 2.17. The number of alkyl halides is 1. The summed E-state index contributed by atoms with van der Waals surface area (Å²) in [5.41, 5.74) is 4.77. The molecule has 0 spiro atoms. The molecule has 0 radical (unpaired) electrons. The second kappa shape index (κ2) is 6.04. The van der Waals surface area contributed by atoms with Gasteiger partial charge in [-0.2, -0.15) is 0 Å². The molecule has 1 aromatic carbocycles. The third-order valence-corrected chi connectivity index (χ3v) is 4.48. The monoisotopic (exact) mass is 294 g/mol. The first-order valence-corrected chi connectivity index (χ1v) is 8.02. The highest BCUT2D eigenvalue weighted by atomic mass is 79.9. The normalized spacial score (nSPS) is 16.9. The molecule has 0 aliphatic heterocycles. The molecule has 0 aromatic heterocycles. The minimum Gasteiger partial charge on any atom is -0.0928 e. The first kappa shape index (κ1) is 13.1. The number of benzene rings is 1. The van der Waals surface area contributed by atoms with E-state index in [1.165, 1.54) is 32.1 Å². The zero-order chi connectivity index (χ0) is 12.3. The van der Waals surface area contributed by atoms with Crippen LogP contribution in [0.3, 0.4) is 0 Å². The van der Waals surface area contributed by atoms with E-state index in [1.807, 2.05) is 0 Å². The highest BCUT2D eigenvalue weighted by molar-refractivity contribution is 9.09. The van der Waals surface area contributed by atoms with E-state index in [4.69, 9.17) is 0 Å². The number of rotatable bonds is 4. The van der Waals surface area contributed by atoms with Gasteiger partial charge in [0.05, 0.1) is 0 Å². The molecule has 1 aliphatic rings. The maximum atomic E-state index is 3.59. The second-order valence-corrected chi connectivity index (χ2v) is 6.36. The zero-order valence-electron chi connectivity index (χ0n) is 11.0. The summed E-state index contributed by atoms with van der Waals surface area (Å²) in [4.78, 5) is 0. The molecule has 1 aliphatic carbocycles. The average molecular weight is 295 g/mol. The number of halogens is 1. The summed E-state index contributed by atoms with van der Waals surface area (Å²) >= 11 is 3.59. The Morgan fingerprint density at radius 3 is 2.47 bits per heavy atom. The van der Waals surface area contributed by atoms with E-state index in [-0.39, 0.29) is 0 Å². The molecule has 0 fully saturated rings. The van der Waals surface area contributed by atoms with Crippen LogP contribution in [0, 0.1) is 5.92 Å². The molecule has 0 amide bonds. The number of hydrogen-bond donors (Lipinski definition) is 0. The molecule has 0 bridgehead atoms. The molecule has 0 saturated heterocycles. The third-order valence-electron chi connectivity index (χ3n) is 4.03. The van der Waals surface area contributed by atoms with E-state index in [1.54, 1.807) is 16.7 Å². The van der Waals surface area contributed by atoms with Gasteiger partial charge in [-0.05, 0) is 60.6 Å². The SMILES string of the molecule is CC(C)C(CCBr)c1ccc2c(c1)CCCC2. The Kier molecular flexibility index (Phi) is 4.67. The van der Waals surface area contributed by atoms with Gasteiger partial charge in [0, 0.05) is 5.33 Å². The lowest BCUT2D eigenvalue weighted by atomic mass is 9.82. The Morgan fingerprint density at radius 1 is 1.12 bits per heavy atom. The van der Waals surface area contributed by atoms with Crippen LogP contribution >= 0.6 is 15.9 Å². The predicted molar refractivity (Wildman–Crippen MR) is 79.1 cm³/mol. The molecule has 0 saturated carbocycles. The van der Waals surface area contributed by atoms with Crippen LogP contribution in [0.2, 0.25) is 0 Å². The first-order chi connectivity index (χ1) is 8.22. The van der Waals surface area contributed by atoms with Crippen molar-refractivity contribution in [1.29, 1.82) is 0 Å². The van der Waals surface area contributed by atoms with Gasteiger partial charge >= 0.3 is 0 Å². The van der Waals surface area contributed by atoms with Crippen molar-refractivity contribution in [2.24, 2.45) is 5.92 Å². The van der Waals surface area contributed by atoms with E-state index in [0.717, 1.165) is 11.2 Å². The third kappa shape index (κ3) is 3.13. The van der Waals surface area contributed by atoms with Crippen LogP contribution in [0.25, 0.3) is 0 Å². The molecule has 94 valence electrons. The lowest BCUT2D eigenvalue weighted by molar-refractivity contribution is 0.488. The molecule has 2 rings (SSSR count). The Morgan fingerprint density at radius 2 is 1.82 bits per heavy atom. The van der Waals surface area contributed by atoms with Crippen molar-refractivity contribution in [2.75, 3.05) is 5.33 Å². The van der Waals surface area contributed by atoms with Crippen LogP contribution < -0.4 is 0 Å². The van der Waals surface area contributed by atoms with E-state index in [9.17, 15) is 0 Å². The van der Waals surface area contributed by atoms with Crippen molar-refractivity contribution in [3.05, 3.63) is 34.9 Å². The molecule has 1 atom stereocenters. The van der Waals surface area contributed by atoms with E-state index in [0.29, 0.717) is 5.92 Å². The molecule has 0 nitrogen and oxygen atoms in total. The van der Waals surface area contributed by atoms with Gasteiger partial charge in [0.1, 0.15) is 0 Å². The van der Waals surface area contributed by atoms with Crippen molar-refractivity contribution in [1.82, 2.24) is 0 Å². The van der Waals surface area contributed by atoms with Gasteiger partial charge in [0.15, 0.2) is 0 Å². The number of fused-ring (bicyclic) bond motifs is 1. The van der Waals surface area contributed by atoms with Gasteiger partial charge in [-0.25, -0.2) is 0 Å². The minimum atomic E-state index is 0.710. The molecular weight excluding hydrogens is 272 g/mol. The Balaban J connectivity index is 2.25. The van der Waals surface area contributed by atoms with E-state index < -0.39 is 0 Å². The number of hydrogen-bond acceptors (Lipinski definition) is 0. The van der Waals surface area contributed by atoms with E-state index >= 15 is 0 Å². The molecule has 17 heavy (non-hydrogen) atoms. The standard InChI is InChI=1S/C16H23Br/c1-12(2)16(9-10-17)15-8-7-13-5-3-4-6-14(13)11-15/h7-8,11-12,16H,3-6,9-10H2,1-2H3. The predicted octanol–water partition coefficient (Wildman–Crippen LogP) is 5.09. The topological polar surface area (TPSA) is 0 Å². The van der Waals surface area contributed by atoms with Crippen molar-refractivity contribution in [2.45, 2.75) is 51.9 Å². The minimum absolute atomic E-state index is 0.710. The largest absolute Gasteiger partial charge is 0.0928 e. The van der Waals surface area contributed by atoms with Crippen molar-refractivity contribution in [3.63, 3.8) is 0 Å². The van der Waals surface area contributed by atoms with Crippen molar-refractivity contribution >= 4 is 15.9 Å². The zero-order valence-corrected chi connectivity index (χ0v) is 12.6. The van der Waals surface area contributed by atoms with Crippen LogP contribution in [0.5, 0.6) is 0 Å². The maximum absolute atomic E-state index is 3.59. The Bertz CT molecular complexity index is 368. The van der Waals surface area contributed by atoms with Gasteiger partial charge in [0.2, 0.25) is 0 Å². The van der Waals surface area contributed by atoms with Crippen LogP contribution in [0.4, 0.5) is 0 Å². The molecular formula is C16H23Br. The fourth-order valence-corrected chi connectivity index (χ4v) is 3.48. The number of aryl methyl sites for hydroxylation is 2. The molecule has 1 heteroatoms. The van der Waals surface area contributed by atoms with Gasteiger partial charge in [-0.1, -0.05) is 48.0 Å². The molecule has 1 unspecified atom stereocenters. The van der Waals surface area contributed by atoms with Gasteiger partial charge in [-0.3, -0.25) is 0 Å². The fourth-order valence-electron chi connectivity index (χ4n) is 2.99. The van der Waals surface area contributed by atoms with Gasteiger partial charge in [-0.15, -0.1) is 0 Å². The summed E-state index contributed by atoms with van der Waals surface area (Å²) < 4.78 is 0. The van der Waals surface area contributed by atoms with Gasteiger partial charge < -0.3 is 0 Å². The fraction of sp³-hybridized carbons (Fsp3) is 0.625.